The maximum atomic E-state index is 13.9. The maximum Gasteiger partial charge on any atom is 0.407 e. The molecule has 328 valence electrons. The van der Waals surface area contributed by atoms with Gasteiger partial charge in [0, 0.05) is 24.5 Å². The van der Waals surface area contributed by atoms with Crippen molar-refractivity contribution in [2.75, 3.05) is 38.8 Å². The SMILES string of the molecule is COC(=O)C(CCSC)NC(=O)CN(Cc1cccc2ccccc12)C[C@@H]1CCCN1C(S)C(CC(c1ccccc1)(c1ccccc1)c1ccccc1)NC(=O)OC(C)(C)C. The summed E-state index contributed by atoms with van der Waals surface area (Å²) in [7, 11) is 1.35. The molecule has 1 heterocycles. The Labute approximate surface area is 377 Å². The van der Waals surface area contributed by atoms with Crippen molar-refractivity contribution in [2.45, 2.75) is 87.5 Å². The van der Waals surface area contributed by atoms with E-state index in [0.29, 0.717) is 31.7 Å². The van der Waals surface area contributed by atoms with Crippen LogP contribution in [0.3, 0.4) is 0 Å². The zero-order valence-electron chi connectivity index (χ0n) is 36.7. The Morgan fingerprint density at radius 2 is 1.40 bits per heavy atom. The van der Waals surface area contributed by atoms with Crippen LogP contribution in [0.1, 0.15) is 68.7 Å². The van der Waals surface area contributed by atoms with E-state index in [-0.39, 0.29) is 18.5 Å². The number of nitrogens with one attached hydrogen (secondary N) is 2. The number of hydrogen-bond acceptors (Lipinski definition) is 9. The molecule has 1 aliphatic rings. The summed E-state index contributed by atoms with van der Waals surface area (Å²) in [5.74, 6) is 0.0178. The van der Waals surface area contributed by atoms with Gasteiger partial charge in [-0.1, -0.05) is 133 Å². The standard InChI is InChI=1S/C51H62N4O5S2/c1-50(2,3)60-49(58)53-45(33-51(39-22-9-6-10-23-39,40-24-11-7-12-25-40)41-26-13-8-14-27-41)47(61)55-31-18-28-42(55)35-54(34-38-21-17-20-37-19-15-16-29-43(37)38)36-46(56)52-44(30-32-62-5)48(57)59-4/h6-17,19-27,29,42,44-45,47,61H,18,28,30-36H2,1-5H3,(H,52,56)(H,53,58)/t42-,44?,45?,47?/m0/s1. The summed E-state index contributed by atoms with van der Waals surface area (Å²) in [5, 5.41) is 8.14. The zero-order chi connectivity index (χ0) is 44.1. The van der Waals surface area contributed by atoms with Gasteiger partial charge < -0.3 is 20.1 Å². The van der Waals surface area contributed by atoms with Crippen LogP contribution in [-0.4, -0.2) is 95.6 Å². The Balaban J connectivity index is 1.36. The van der Waals surface area contributed by atoms with E-state index in [4.69, 9.17) is 22.1 Å². The first kappa shape index (κ1) is 46.7. The molecule has 0 aromatic heterocycles. The van der Waals surface area contributed by atoms with Gasteiger partial charge in [0.2, 0.25) is 5.91 Å². The molecule has 1 aliphatic heterocycles. The lowest BCUT2D eigenvalue weighted by Gasteiger charge is -2.43. The van der Waals surface area contributed by atoms with Crippen LogP contribution in [0.4, 0.5) is 4.79 Å². The van der Waals surface area contributed by atoms with Crippen molar-refractivity contribution < 1.29 is 23.9 Å². The van der Waals surface area contributed by atoms with Crippen molar-refractivity contribution in [1.29, 1.82) is 0 Å². The van der Waals surface area contributed by atoms with E-state index in [2.05, 4.69) is 124 Å². The molecule has 4 atom stereocenters. The predicted octanol–water partition coefficient (Wildman–Crippen LogP) is 9.09. The monoisotopic (exact) mass is 874 g/mol. The number of thiol groups is 1. The second-order valence-corrected chi connectivity index (χ2v) is 18.7. The number of carbonyl (C=O) groups is 3. The number of alkyl carbamates (subject to hydrolysis) is 1. The minimum atomic E-state index is -0.733. The van der Waals surface area contributed by atoms with Gasteiger partial charge in [0.1, 0.15) is 11.6 Å². The van der Waals surface area contributed by atoms with Crippen molar-refractivity contribution in [3.8, 4) is 0 Å². The van der Waals surface area contributed by atoms with Gasteiger partial charge in [-0.15, -0.1) is 0 Å². The molecule has 0 spiro atoms. The van der Waals surface area contributed by atoms with Crippen LogP contribution >= 0.6 is 24.4 Å². The number of carbonyl (C=O) groups excluding carboxylic acids is 3. The number of benzene rings is 5. The number of fused-ring (bicyclic) bond motifs is 1. The van der Waals surface area contributed by atoms with Crippen LogP contribution in [0, 0.1) is 0 Å². The Hall–Kier alpha value is -4.81. The molecule has 3 unspecified atom stereocenters. The number of thioether (sulfide) groups is 1. The number of nitrogens with zero attached hydrogens (tertiary/aromatic N) is 2. The van der Waals surface area contributed by atoms with Gasteiger partial charge in [0.05, 0.1) is 25.1 Å². The third-order valence-electron chi connectivity index (χ3n) is 11.7. The van der Waals surface area contributed by atoms with Gasteiger partial charge in [0.15, 0.2) is 0 Å². The summed E-state index contributed by atoms with van der Waals surface area (Å²) in [4.78, 5) is 45.2. The van der Waals surface area contributed by atoms with E-state index in [9.17, 15) is 14.4 Å². The molecule has 2 amide bonds. The predicted molar refractivity (Wildman–Crippen MR) is 256 cm³/mol. The molecule has 0 radical (unpaired) electrons. The highest BCUT2D eigenvalue weighted by Crippen LogP contribution is 2.44. The van der Waals surface area contributed by atoms with Crippen LogP contribution in [0.2, 0.25) is 0 Å². The van der Waals surface area contributed by atoms with Gasteiger partial charge in [-0.25, -0.2) is 9.59 Å². The second kappa shape index (κ2) is 22.0. The lowest BCUT2D eigenvalue weighted by molar-refractivity contribution is -0.145. The van der Waals surface area contributed by atoms with Crippen molar-refractivity contribution >= 4 is 53.1 Å². The van der Waals surface area contributed by atoms with Crippen LogP contribution in [-0.2, 0) is 31.0 Å². The Kier molecular flexibility index (Phi) is 16.6. The lowest BCUT2D eigenvalue weighted by atomic mass is 9.66. The van der Waals surface area contributed by atoms with Crippen molar-refractivity contribution in [3.63, 3.8) is 0 Å². The minimum absolute atomic E-state index is 0.00400. The lowest BCUT2D eigenvalue weighted by Crippen LogP contribution is -2.56. The number of amides is 2. The average Bonchev–Trinajstić information content (AvgIpc) is 3.74. The highest BCUT2D eigenvalue weighted by molar-refractivity contribution is 7.98. The first-order chi connectivity index (χ1) is 29.9. The van der Waals surface area contributed by atoms with Gasteiger partial charge in [-0.05, 0) is 98.0 Å². The fraction of sp³-hybridized carbons (Fsp3) is 0.392. The number of rotatable bonds is 19. The summed E-state index contributed by atoms with van der Waals surface area (Å²) in [6, 6.07) is 44.8. The first-order valence-electron chi connectivity index (χ1n) is 21.6. The summed E-state index contributed by atoms with van der Waals surface area (Å²) in [6.07, 6.45) is 4.23. The molecule has 1 saturated heterocycles. The summed E-state index contributed by atoms with van der Waals surface area (Å²) >= 11 is 7.09. The van der Waals surface area contributed by atoms with Gasteiger partial charge in [-0.3, -0.25) is 14.6 Å². The Morgan fingerprint density at radius 3 is 1.98 bits per heavy atom. The molecular formula is C51H62N4O5S2. The first-order valence-corrected chi connectivity index (χ1v) is 23.5. The summed E-state index contributed by atoms with van der Waals surface area (Å²) in [5.41, 5.74) is 3.02. The topological polar surface area (TPSA) is 100 Å². The van der Waals surface area contributed by atoms with Gasteiger partial charge >= 0.3 is 12.1 Å². The van der Waals surface area contributed by atoms with Crippen molar-refractivity contribution in [3.05, 3.63) is 156 Å². The molecule has 6 rings (SSSR count). The molecule has 5 aromatic rings. The van der Waals surface area contributed by atoms with E-state index in [1.807, 2.05) is 57.4 Å². The molecule has 0 saturated carbocycles. The normalized spacial score (nSPS) is 16.1. The van der Waals surface area contributed by atoms with Crippen LogP contribution in [0.25, 0.3) is 10.8 Å². The van der Waals surface area contributed by atoms with E-state index in [1.54, 1.807) is 11.8 Å². The second-order valence-electron chi connectivity index (χ2n) is 17.1. The van der Waals surface area contributed by atoms with Crippen molar-refractivity contribution in [2.24, 2.45) is 0 Å². The molecule has 1 fully saturated rings. The Bertz CT molecular complexity index is 2100. The molecule has 5 aromatic carbocycles. The highest BCUT2D eigenvalue weighted by Gasteiger charge is 2.44. The Morgan fingerprint density at radius 1 is 0.823 bits per heavy atom. The number of hydrogen-bond donors (Lipinski definition) is 3. The molecule has 9 nitrogen and oxygen atoms in total. The van der Waals surface area contributed by atoms with E-state index in [1.165, 1.54) is 7.11 Å². The molecular weight excluding hydrogens is 813 g/mol. The quantitative estimate of drug-likeness (QED) is 0.0430. The fourth-order valence-electron chi connectivity index (χ4n) is 8.90. The van der Waals surface area contributed by atoms with E-state index < -0.39 is 40.5 Å². The number of esters is 1. The molecule has 62 heavy (non-hydrogen) atoms. The van der Waals surface area contributed by atoms with E-state index in [0.717, 1.165) is 52.4 Å². The summed E-state index contributed by atoms with van der Waals surface area (Å²) < 4.78 is 11.0. The molecule has 2 N–H and O–H groups in total. The van der Waals surface area contributed by atoms with Crippen molar-refractivity contribution in [1.82, 2.24) is 20.4 Å². The number of likely N-dealkylation sites (tertiary alicyclic amines) is 1. The maximum absolute atomic E-state index is 13.9. The van der Waals surface area contributed by atoms with Gasteiger partial charge in [-0.2, -0.15) is 24.4 Å². The van der Waals surface area contributed by atoms with Gasteiger partial charge in [0.25, 0.3) is 0 Å². The fourth-order valence-corrected chi connectivity index (χ4v) is 9.85. The minimum Gasteiger partial charge on any atom is -0.467 e. The summed E-state index contributed by atoms with van der Waals surface area (Å²) in [6.45, 7) is 7.52. The smallest absolute Gasteiger partial charge is 0.407 e. The number of methoxy groups -OCH3 is 1. The number of ether oxygens (including phenoxy) is 2. The average molecular weight is 875 g/mol. The third-order valence-corrected chi connectivity index (χ3v) is 13.0. The zero-order valence-corrected chi connectivity index (χ0v) is 38.4. The molecule has 11 heteroatoms. The van der Waals surface area contributed by atoms with Crippen LogP contribution in [0.15, 0.2) is 133 Å². The van der Waals surface area contributed by atoms with Crippen LogP contribution < -0.4 is 10.6 Å². The van der Waals surface area contributed by atoms with E-state index >= 15 is 0 Å². The third kappa shape index (κ3) is 12.0. The molecule has 0 aliphatic carbocycles. The highest BCUT2D eigenvalue weighted by atomic mass is 32.2. The largest absolute Gasteiger partial charge is 0.467 e. The molecule has 0 bridgehead atoms. The van der Waals surface area contributed by atoms with Crippen LogP contribution in [0.5, 0.6) is 0 Å².